The first-order valence-electron chi connectivity index (χ1n) is 10.8. The molecule has 0 amide bonds. The summed E-state index contributed by atoms with van der Waals surface area (Å²) in [6.45, 7) is 2.27. The Morgan fingerprint density at radius 2 is 1.72 bits per heavy atom. The monoisotopic (exact) mass is 446 g/mol. The van der Waals surface area contributed by atoms with Crippen LogP contribution in [0.1, 0.15) is 24.8 Å². The molecule has 6 nitrogen and oxygen atoms in total. The maximum Gasteiger partial charge on any atom is 0.262 e. The SMILES string of the molecule is O=c1[nH]c(N2CCCCC2)nc2nccc(-c3ccc(OCc4ccc(Cl)cc4)cc3)c12. The molecule has 4 aromatic rings. The number of rotatable bonds is 5. The zero-order valence-electron chi connectivity index (χ0n) is 17.6. The third kappa shape index (κ3) is 4.32. The number of anilines is 1. The van der Waals surface area contributed by atoms with Gasteiger partial charge in [0, 0.05) is 24.3 Å². The molecule has 1 fully saturated rings. The summed E-state index contributed by atoms with van der Waals surface area (Å²) < 4.78 is 5.88. The number of fused-ring (bicyclic) bond motifs is 1. The predicted molar refractivity (Wildman–Crippen MR) is 127 cm³/mol. The number of hydrogen-bond donors (Lipinski definition) is 1. The van der Waals surface area contributed by atoms with E-state index in [1.165, 1.54) is 6.42 Å². The summed E-state index contributed by atoms with van der Waals surface area (Å²) in [6.07, 6.45) is 5.15. The minimum absolute atomic E-state index is 0.165. The number of pyridine rings is 1. The number of piperidine rings is 1. The fourth-order valence-electron chi connectivity index (χ4n) is 4.03. The molecular weight excluding hydrogens is 424 g/mol. The Bertz CT molecular complexity index is 1280. The van der Waals surface area contributed by atoms with Gasteiger partial charge in [-0.05, 0) is 66.3 Å². The molecule has 0 radical (unpaired) electrons. The van der Waals surface area contributed by atoms with E-state index in [1.54, 1.807) is 6.20 Å². The first-order chi connectivity index (χ1) is 15.7. The zero-order valence-corrected chi connectivity index (χ0v) is 18.3. The molecule has 0 bridgehead atoms. The van der Waals surface area contributed by atoms with Gasteiger partial charge < -0.3 is 9.64 Å². The Morgan fingerprint density at radius 1 is 0.969 bits per heavy atom. The van der Waals surface area contributed by atoms with Gasteiger partial charge in [-0.15, -0.1) is 0 Å². The molecule has 5 rings (SSSR count). The number of aromatic amines is 1. The average molecular weight is 447 g/mol. The van der Waals surface area contributed by atoms with E-state index < -0.39 is 0 Å². The molecule has 3 heterocycles. The quantitative estimate of drug-likeness (QED) is 0.455. The van der Waals surface area contributed by atoms with Crippen molar-refractivity contribution >= 4 is 28.6 Å². The van der Waals surface area contributed by atoms with Crippen LogP contribution in [0, 0.1) is 0 Å². The van der Waals surface area contributed by atoms with Crippen molar-refractivity contribution in [1.29, 1.82) is 0 Å². The number of benzene rings is 2. The molecule has 0 aliphatic carbocycles. The Kier molecular flexibility index (Phi) is 5.77. The fourth-order valence-corrected chi connectivity index (χ4v) is 4.15. The second-order valence-corrected chi connectivity index (χ2v) is 8.37. The van der Waals surface area contributed by atoms with Crippen molar-refractivity contribution in [1.82, 2.24) is 15.0 Å². The lowest BCUT2D eigenvalue weighted by molar-refractivity contribution is 0.306. The summed E-state index contributed by atoms with van der Waals surface area (Å²) in [6, 6.07) is 17.1. The number of aromatic nitrogens is 3. The molecule has 162 valence electrons. The van der Waals surface area contributed by atoms with Gasteiger partial charge in [-0.3, -0.25) is 9.78 Å². The summed E-state index contributed by atoms with van der Waals surface area (Å²) in [7, 11) is 0. The predicted octanol–water partition coefficient (Wildman–Crippen LogP) is 5.21. The van der Waals surface area contributed by atoms with E-state index in [1.807, 2.05) is 54.6 Å². The fraction of sp³-hybridized carbons (Fsp3) is 0.240. The van der Waals surface area contributed by atoms with E-state index in [9.17, 15) is 4.79 Å². The number of halogens is 1. The zero-order chi connectivity index (χ0) is 21.9. The van der Waals surface area contributed by atoms with E-state index in [4.69, 9.17) is 16.3 Å². The van der Waals surface area contributed by atoms with Gasteiger partial charge in [-0.2, -0.15) is 4.98 Å². The van der Waals surface area contributed by atoms with Crippen LogP contribution in [-0.4, -0.2) is 28.0 Å². The van der Waals surface area contributed by atoms with Gasteiger partial charge in [0.2, 0.25) is 5.95 Å². The Balaban J connectivity index is 1.40. The molecule has 2 aromatic carbocycles. The van der Waals surface area contributed by atoms with Crippen molar-refractivity contribution in [3.63, 3.8) is 0 Å². The average Bonchev–Trinajstić information content (AvgIpc) is 2.84. The van der Waals surface area contributed by atoms with Crippen LogP contribution in [0.4, 0.5) is 5.95 Å². The van der Waals surface area contributed by atoms with Gasteiger partial charge in [-0.1, -0.05) is 35.9 Å². The molecule has 2 aromatic heterocycles. The summed E-state index contributed by atoms with van der Waals surface area (Å²) in [5.41, 5.74) is 3.06. The topological polar surface area (TPSA) is 71.1 Å². The van der Waals surface area contributed by atoms with Gasteiger partial charge in [0.25, 0.3) is 5.56 Å². The lowest BCUT2D eigenvalue weighted by Gasteiger charge is -2.27. The highest BCUT2D eigenvalue weighted by Crippen LogP contribution is 2.27. The first-order valence-corrected chi connectivity index (χ1v) is 11.2. The highest BCUT2D eigenvalue weighted by Gasteiger charge is 2.17. The van der Waals surface area contributed by atoms with Crippen molar-refractivity contribution in [2.75, 3.05) is 18.0 Å². The normalized spacial score (nSPS) is 14.0. The molecule has 0 atom stereocenters. The summed E-state index contributed by atoms with van der Waals surface area (Å²) in [5.74, 6) is 1.36. The van der Waals surface area contributed by atoms with Crippen molar-refractivity contribution in [3.8, 4) is 16.9 Å². The van der Waals surface area contributed by atoms with Crippen LogP contribution in [0.2, 0.25) is 5.02 Å². The molecule has 0 spiro atoms. The van der Waals surface area contributed by atoms with Crippen LogP contribution in [-0.2, 0) is 6.61 Å². The maximum atomic E-state index is 13.0. The number of nitrogens with one attached hydrogen (secondary N) is 1. The molecule has 1 N–H and O–H groups in total. The van der Waals surface area contributed by atoms with Gasteiger partial charge in [-0.25, -0.2) is 4.98 Å². The minimum atomic E-state index is -0.165. The molecule has 1 aliphatic rings. The van der Waals surface area contributed by atoms with E-state index in [2.05, 4.69) is 19.9 Å². The second kappa shape index (κ2) is 9.01. The van der Waals surface area contributed by atoms with E-state index >= 15 is 0 Å². The van der Waals surface area contributed by atoms with Gasteiger partial charge >= 0.3 is 0 Å². The van der Waals surface area contributed by atoms with Crippen molar-refractivity contribution < 1.29 is 4.74 Å². The molecule has 1 saturated heterocycles. The van der Waals surface area contributed by atoms with Crippen LogP contribution in [0.25, 0.3) is 22.2 Å². The highest BCUT2D eigenvalue weighted by molar-refractivity contribution is 6.30. The summed E-state index contributed by atoms with van der Waals surface area (Å²) >= 11 is 5.93. The van der Waals surface area contributed by atoms with Crippen molar-refractivity contribution in [2.24, 2.45) is 0 Å². The van der Waals surface area contributed by atoms with Gasteiger partial charge in [0.1, 0.15) is 12.4 Å². The Morgan fingerprint density at radius 3 is 2.47 bits per heavy atom. The lowest BCUT2D eigenvalue weighted by Crippen LogP contribution is -2.32. The van der Waals surface area contributed by atoms with Crippen molar-refractivity contribution in [3.05, 3.63) is 81.7 Å². The second-order valence-electron chi connectivity index (χ2n) is 7.93. The van der Waals surface area contributed by atoms with Crippen LogP contribution in [0.15, 0.2) is 65.6 Å². The highest BCUT2D eigenvalue weighted by atomic mass is 35.5. The maximum absolute atomic E-state index is 13.0. The largest absolute Gasteiger partial charge is 0.489 e. The Labute approximate surface area is 190 Å². The molecule has 7 heteroatoms. The Hall–Kier alpha value is -3.38. The molecule has 0 unspecified atom stereocenters. The molecular formula is C25H23ClN4O2. The standard InChI is InChI=1S/C25H23ClN4O2/c26-19-8-4-17(5-9-19)16-32-20-10-6-18(7-11-20)21-12-13-27-23-22(21)24(31)29-25(28-23)30-14-2-1-3-15-30/h4-13H,1-3,14-16H2,(H,27,28,29,31). The summed E-state index contributed by atoms with van der Waals surface area (Å²) in [4.78, 5) is 27.1. The summed E-state index contributed by atoms with van der Waals surface area (Å²) in [5, 5.41) is 1.21. The number of H-pyrrole nitrogens is 1. The van der Waals surface area contributed by atoms with Crippen LogP contribution in [0.3, 0.4) is 0 Å². The number of hydrogen-bond acceptors (Lipinski definition) is 5. The first kappa shape index (κ1) is 20.5. The molecule has 1 aliphatic heterocycles. The van der Waals surface area contributed by atoms with Gasteiger partial charge in [0.15, 0.2) is 5.65 Å². The van der Waals surface area contributed by atoms with E-state index in [-0.39, 0.29) is 5.56 Å². The van der Waals surface area contributed by atoms with E-state index in [0.717, 1.165) is 48.4 Å². The lowest BCUT2D eigenvalue weighted by atomic mass is 10.0. The smallest absolute Gasteiger partial charge is 0.262 e. The number of ether oxygens (including phenoxy) is 1. The van der Waals surface area contributed by atoms with Crippen LogP contribution < -0.4 is 15.2 Å². The van der Waals surface area contributed by atoms with Gasteiger partial charge in [0.05, 0.1) is 5.39 Å². The van der Waals surface area contributed by atoms with Crippen LogP contribution in [0.5, 0.6) is 5.75 Å². The molecule has 32 heavy (non-hydrogen) atoms. The van der Waals surface area contributed by atoms with Crippen LogP contribution >= 0.6 is 11.6 Å². The molecule has 0 saturated carbocycles. The third-order valence-corrected chi connectivity index (χ3v) is 5.99. The van der Waals surface area contributed by atoms with E-state index in [0.29, 0.717) is 28.6 Å². The van der Waals surface area contributed by atoms with Crippen molar-refractivity contribution in [2.45, 2.75) is 25.9 Å². The number of nitrogens with zero attached hydrogens (tertiary/aromatic N) is 3. The third-order valence-electron chi connectivity index (χ3n) is 5.73. The minimum Gasteiger partial charge on any atom is -0.489 e.